The van der Waals surface area contributed by atoms with Crippen LogP contribution in [0.2, 0.25) is 0 Å². The smallest absolute Gasteiger partial charge is 0.322 e. The number of benzene rings is 1. The van der Waals surface area contributed by atoms with E-state index in [1.807, 2.05) is 46.1 Å². The van der Waals surface area contributed by atoms with Crippen LogP contribution in [0.25, 0.3) is 0 Å². The van der Waals surface area contributed by atoms with Crippen molar-refractivity contribution in [1.82, 2.24) is 14.7 Å². The van der Waals surface area contributed by atoms with Gasteiger partial charge in [-0.25, -0.2) is 4.79 Å². The van der Waals surface area contributed by atoms with Crippen LogP contribution in [0.5, 0.6) is 5.75 Å². The summed E-state index contributed by atoms with van der Waals surface area (Å²) in [6, 6.07) is 9.40. The van der Waals surface area contributed by atoms with Gasteiger partial charge in [0.2, 0.25) is 0 Å². The molecular weight excluding hydrogens is 320 g/mol. The van der Waals surface area contributed by atoms with E-state index in [9.17, 15) is 4.79 Å². The van der Waals surface area contributed by atoms with Gasteiger partial charge in [-0.05, 0) is 31.0 Å². The van der Waals surface area contributed by atoms with Gasteiger partial charge in [0, 0.05) is 37.8 Å². The summed E-state index contributed by atoms with van der Waals surface area (Å²) in [6.45, 7) is 2.49. The quantitative estimate of drug-likeness (QED) is 0.784. The summed E-state index contributed by atoms with van der Waals surface area (Å²) in [6.07, 6.45) is 5.69. The highest BCUT2D eigenvalue weighted by Gasteiger charge is 2.29. The Balaban J connectivity index is 1.58. The molecule has 1 aliphatic rings. The number of carbonyl (C=O) groups is 1. The maximum atomic E-state index is 12.6. The molecule has 1 aliphatic heterocycles. The fourth-order valence-corrected chi connectivity index (χ4v) is 3.02. The van der Waals surface area contributed by atoms with Gasteiger partial charge >= 0.3 is 6.03 Å². The molecule has 1 N–H and O–H groups in total. The summed E-state index contributed by atoms with van der Waals surface area (Å²) in [7, 11) is 1.63. The number of rotatable bonds is 7. The molecule has 0 spiro atoms. The van der Waals surface area contributed by atoms with Crippen LogP contribution in [0.4, 0.5) is 10.5 Å². The fourth-order valence-electron chi connectivity index (χ4n) is 3.02. The zero-order valence-corrected chi connectivity index (χ0v) is 14.4. The van der Waals surface area contributed by atoms with Crippen LogP contribution >= 0.6 is 0 Å². The standard InChI is InChI=1S/C18H24N4O3/c1-24-11-12-25-17-7-2-5-15(13-17)20-18(23)22-10-3-6-16(22)14-21-9-4-8-19-21/h2,4-5,7-9,13,16H,3,6,10-12,14H2,1H3,(H,20,23)/t16-/m0/s1. The zero-order valence-electron chi connectivity index (χ0n) is 14.4. The van der Waals surface area contributed by atoms with Gasteiger partial charge in [0.05, 0.1) is 19.2 Å². The molecule has 7 nitrogen and oxygen atoms in total. The molecule has 0 aliphatic carbocycles. The van der Waals surface area contributed by atoms with Crippen LogP contribution in [-0.4, -0.2) is 53.6 Å². The Bertz CT molecular complexity index is 675. The third kappa shape index (κ3) is 4.73. The monoisotopic (exact) mass is 344 g/mol. The van der Waals surface area contributed by atoms with Gasteiger partial charge in [-0.1, -0.05) is 6.07 Å². The Morgan fingerprint density at radius 2 is 2.28 bits per heavy atom. The van der Waals surface area contributed by atoms with Gasteiger partial charge in [-0.3, -0.25) is 4.68 Å². The predicted molar refractivity (Wildman–Crippen MR) is 94.8 cm³/mol. The highest BCUT2D eigenvalue weighted by atomic mass is 16.5. The van der Waals surface area contributed by atoms with E-state index in [1.54, 1.807) is 13.3 Å². The maximum absolute atomic E-state index is 12.6. The van der Waals surface area contributed by atoms with Crippen molar-refractivity contribution in [2.45, 2.75) is 25.4 Å². The lowest BCUT2D eigenvalue weighted by Crippen LogP contribution is -2.40. The first kappa shape index (κ1) is 17.3. The molecule has 7 heteroatoms. The molecule has 25 heavy (non-hydrogen) atoms. The Hall–Kier alpha value is -2.54. The number of likely N-dealkylation sites (tertiary alicyclic amines) is 1. The molecule has 2 aromatic rings. The van der Waals surface area contributed by atoms with Gasteiger partial charge in [-0.2, -0.15) is 5.10 Å². The lowest BCUT2D eigenvalue weighted by atomic mass is 10.2. The highest BCUT2D eigenvalue weighted by molar-refractivity contribution is 5.89. The molecule has 3 rings (SSSR count). The van der Waals surface area contributed by atoms with Crippen molar-refractivity contribution >= 4 is 11.7 Å². The van der Waals surface area contributed by atoms with Gasteiger partial charge in [0.1, 0.15) is 12.4 Å². The number of methoxy groups -OCH3 is 1. The van der Waals surface area contributed by atoms with Crippen molar-refractivity contribution < 1.29 is 14.3 Å². The second-order valence-corrected chi connectivity index (χ2v) is 6.02. The van der Waals surface area contributed by atoms with E-state index >= 15 is 0 Å². The molecule has 1 atom stereocenters. The van der Waals surface area contributed by atoms with Crippen LogP contribution in [-0.2, 0) is 11.3 Å². The maximum Gasteiger partial charge on any atom is 0.322 e. The normalized spacial score (nSPS) is 16.8. The van der Waals surface area contributed by atoms with E-state index in [0.29, 0.717) is 19.0 Å². The molecule has 1 saturated heterocycles. The van der Waals surface area contributed by atoms with E-state index in [0.717, 1.165) is 31.6 Å². The Morgan fingerprint density at radius 3 is 3.08 bits per heavy atom. The van der Waals surface area contributed by atoms with Gasteiger partial charge < -0.3 is 19.7 Å². The minimum absolute atomic E-state index is 0.0799. The average Bonchev–Trinajstić information content (AvgIpc) is 3.28. The van der Waals surface area contributed by atoms with Crippen molar-refractivity contribution in [3.05, 3.63) is 42.7 Å². The van der Waals surface area contributed by atoms with Crippen LogP contribution in [0.15, 0.2) is 42.7 Å². The number of urea groups is 1. The number of anilines is 1. The lowest BCUT2D eigenvalue weighted by Gasteiger charge is -2.25. The SMILES string of the molecule is COCCOc1cccc(NC(=O)N2CCC[C@H]2Cn2cccn2)c1. The lowest BCUT2D eigenvalue weighted by molar-refractivity contribution is 0.146. The number of nitrogens with one attached hydrogen (secondary N) is 1. The second kappa shape index (κ2) is 8.53. The number of ether oxygens (including phenoxy) is 2. The van der Waals surface area contributed by atoms with Crippen molar-refractivity contribution in [1.29, 1.82) is 0 Å². The first-order valence-electron chi connectivity index (χ1n) is 8.53. The molecule has 2 amide bonds. The number of aromatic nitrogens is 2. The third-order valence-electron chi connectivity index (χ3n) is 4.24. The van der Waals surface area contributed by atoms with Crippen LogP contribution in [0.3, 0.4) is 0 Å². The van der Waals surface area contributed by atoms with Crippen molar-refractivity contribution in [3.63, 3.8) is 0 Å². The van der Waals surface area contributed by atoms with Crippen LogP contribution in [0, 0.1) is 0 Å². The first-order chi connectivity index (χ1) is 12.3. The molecule has 1 aromatic heterocycles. The largest absolute Gasteiger partial charge is 0.491 e. The summed E-state index contributed by atoms with van der Waals surface area (Å²) in [5.41, 5.74) is 0.727. The summed E-state index contributed by atoms with van der Waals surface area (Å²) in [5, 5.41) is 7.21. The van der Waals surface area contributed by atoms with E-state index in [-0.39, 0.29) is 12.1 Å². The number of hydrogen-bond acceptors (Lipinski definition) is 4. The first-order valence-corrected chi connectivity index (χ1v) is 8.53. The topological polar surface area (TPSA) is 68.6 Å². The molecule has 1 aromatic carbocycles. The van der Waals surface area contributed by atoms with E-state index in [2.05, 4.69) is 10.4 Å². The Morgan fingerprint density at radius 1 is 1.36 bits per heavy atom. The van der Waals surface area contributed by atoms with Crippen molar-refractivity contribution in [2.24, 2.45) is 0 Å². The van der Waals surface area contributed by atoms with E-state index in [1.165, 1.54) is 0 Å². The Kier molecular flexibility index (Phi) is 5.90. The number of nitrogens with zero attached hydrogens (tertiary/aromatic N) is 3. The number of hydrogen-bond donors (Lipinski definition) is 1. The summed E-state index contributed by atoms with van der Waals surface area (Å²) in [5.74, 6) is 0.712. The average molecular weight is 344 g/mol. The summed E-state index contributed by atoms with van der Waals surface area (Å²) in [4.78, 5) is 14.5. The van der Waals surface area contributed by atoms with Crippen molar-refractivity contribution in [3.8, 4) is 5.75 Å². The molecule has 134 valence electrons. The molecular formula is C18H24N4O3. The second-order valence-electron chi connectivity index (χ2n) is 6.02. The van der Waals surface area contributed by atoms with Crippen LogP contribution < -0.4 is 10.1 Å². The van der Waals surface area contributed by atoms with E-state index in [4.69, 9.17) is 9.47 Å². The fraction of sp³-hybridized carbons (Fsp3) is 0.444. The molecule has 0 bridgehead atoms. The number of carbonyl (C=O) groups excluding carboxylic acids is 1. The van der Waals surface area contributed by atoms with Gasteiger partial charge in [-0.15, -0.1) is 0 Å². The van der Waals surface area contributed by atoms with E-state index < -0.39 is 0 Å². The minimum atomic E-state index is -0.0799. The van der Waals surface area contributed by atoms with Gasteiger partial charge in [0.15, 0.2) is 0 Å². The Labute approximate surface area is 147 Å². The van der Waals surface area contributed by atoms with Crippen LogP contribution in [0.1, 0.15) is 12.8 Å². The molecule has 0 saturated carbocycles. The number of amides is 2. The highest BCUT2D eigenvalue weighted by Crippen LogP contribution is 2.22. The third-order valence-corrected chi connectivity index (χ3v) is 4.24. The van der Waals surface area contributed by atoms with Crippen molar-refractivity contribution in [2.75, 3.05) is 32.2 Å². The summed E-state index contributed by atoms with van der Waals surface area (Å²) >= 11 is 0. The zero-order chi connectivity index (χ0) is 17.5. The molecule has 1 fully saturated rings. The molecule has 2 heterocycles. The molecule has 0 unspecified atom stereocenters. The predicted octanol–water partition coefficient (Wildman–Crippen LogP) is 2.60. The molecule has 0 radical (unpaired) electrons. The van der Waals surface area contributed by atoms with Gasteiger partial charge in [0.25, 0.3) is 0 Å². The summed E-state index contributed by atoms with van der Waals surface area (Å²) < 4.78 is 12.4. The minimum Gasteiger partial charge on any atom is -0.491 e.